The summed E-state index contributed by atoms with van der Waals surface area (Å²) >= 11 is 6.90. The molecule has 0 amide bonds. The molecule has 0 unspecified atom stereocenters. The zero-order chi connectivity index (χ0) is 11.5. The Morgan fingerprint density at radius 2 is 1.81 bits per heavy atom. The number of anilines is 3. The standard InChI is InChI=1S/C12H10Br2N2/c13-8-2-1-3-10(6-8)16-12-5-4-9(15)7-11(12)14/h1-7,16H,15H2. The number of nitrogens with two attached hydrogens (primary N) is 1. The van der Waals surface area contributed by atoms with Crippen LogP contribution in [0.2, 0.25) is 0 Å². The third-order valence-corrected chi connectivity index (χ3v) is 3.25. The van der Waals surface area contributed by atoms with Crippen LogP contribution in [0.25, 0.3) is 0 Å². The molecule has 3 N–H and O–H groups in total. The molecule has 2 aromatic rings. The number of hydrogen-bond acceptors (Lipinski definition) is 2. The summed E-state index contributed by atoms with van der Waals surface area (Å²) in [6.07, 6.45) is 0. The van der Waals surface area contributed by atoms with Crippen LogP contribution < -0.4 is 11.1 Å². The molecular formula is C12H10Br2N2. The second-order valence-electron chi connectivity index (χ2n) is 3.37. The summed E-state index contributed by atoms with van der Waals surface area (Å²) in [6, 6.07) is 13.7. The molecule has 0 aromatic heterocycles. The van der Waals surface area contributed by atoms with Crippen molar-refractivity contribution in [1.29, 1.82) is 0 Å². The third-order valence-electron chi connectivity index (χ3n) is 2.10. The maximum absolute atomic E-state index is 5.68. The summed E-state index contributed by atoms with van der Waals surface area (Å²) < 4.78 is 2.00. The first-order valence-electron chi connectivity index (χ1n) is 4.73. The number of hydrogen-bond donors (Lipinski definition) is 2. The molecule has 0 saturated heterocycles. The first-order valence-corrected chi connectivity index (χ1v) is 6.31. The van der Waals surface area contributed by atoms with Gasteiger partial charge in [-0.25, -0.2) is 0 Å². The second kappa shape index (κ2) is 4.89. The van der Waals surface area contributed by atoms with Gasteiger partial charge in [-0.15, -0.1) is 0 Å². The number of halogens is 2. The van der Waals surface area contributed by atoms with Gasteiger partial charge in [0.05, 0.1) is 5.69 Å². The molecule has 4 heteroatoms. The van der Waals surface area contributed by atoms with Crippen molar-refractivity contribution in [2.75, 3.05) is 11.1 Å². The Bertz CT molecular complexity index is 512. The van der Waals surface area contributed by atoms with E-state index >= 15 is 0 Å². The summed E-state index contributed by atoms with van der Waals surface area (Å²) in [5.41, 5.74) is 8.44. The molecule has 0 saturated carbocycles. The van der Waals surface area contributed by atoms with Crippen LogP contribution in [0.3, 0.4) is 0 Å². The van der Waals surface area contributed by atoms with Crippen molar-refractivity contribution < 1.29 is 0 Å². The Morgan fingerprint density at radius 3 is 2.50 bits per heavy atom. The lowest BCUT2D eigenvalue weighted by atomic mass is 10.2. The molecule has 0 aliphatic rings. The van der Waals surface area contributed by atoms with Gasteiger partial charge in [-0.1, -0.05) is 22.0 Å². The number of nitrogens with one attached hydrogen (secondary N) is 1. The zero-order valence-corrected chi connectivity index (χ0v) is 11.5. The quantitative estimate of drug-likeness (QED) is 0.787. The van der Waals surface area contributed by atoms with E-state index in [0.717, 1.165) is 26.0 Å². The van der Waals surface area contributed by atoms with Crippen molar-refractivity contribution in [3.63, 3.8) is 0 Å². The fraction of sp³-hybridized carbons (Fsp3) is 0. The lowest BCUT2D eigenvalue weighted by molar-refractivity contribution is 1.51. The van der Waals surface area contributed by atoms with Gasteiger partial charge in [0.15, 0.2) is 0 Å². The molecule has 2 nitrogen and oxygen atoms in total. The number of benzene rings is 2. The Balaban J connectivity index is 2.27. The monoisotopic (exact) mass is 340 g/mol. The molecule has 0 aliphatic heterocycles. The maximum atomic E-state index is 5.68. The molecule has 0 fully saturated rings. The highest BCUT2D eigenvalue weighted by Crippen LogP contribution is 2.28. The summed E-state index contributed by atoms with van der Waals surface area (Å²) in [5, 5.41) is 3.31. The minimum atomic E-state index is 0.742. The molecule has 2 rings (SSSR count). The highest BCUT2D eigenvalue weighted by atomic mass is 79.9. The van der Waals surface area contributed by atoms with Crippen LogP contribution in [0.4, 0.5) is 17.1 Å². The van der Waals surface area contributed by atoms with Crippen molar-refractivity contribution in [3.05, 3.63) is 51.4 Å². The molecule has 0 heterocycles. The largest absolute Gasteiger partial charge is 0.399 e. The highest BCUT2D eigenvalue weighted by molar-refractivity contribution is 9.10. The van der Waals surface area contributed by atoms with E-state index in [4.69, 9.17) is 5.73 Å². The van der Waals surface area contributed by atoms with E-state index in [0.29, 0.717) is 0 Å². The van der Waals surface area contributed by atoms with E-state index in [1.54, 1.807) is 0 Å². The molecule has 16 heavy (non-hydrogen) atoms. The molecule has 0 spiro atoms. The first-order chi connectivity index (χ1) is 7.65. The van der Waals surface area contributed by atoms with Crippen LogP contribution in [-0.4, -0.2) is 0 Å². The first kappa shape index (κ1) is 11.5. The molecule has 0 atom stereocenters. The average Bonchev–Trinajstić information content (AvgIpc) is 2.22. The molecule has 82 valence electrons. The predicted octanol–water partition coefficient (Wildman–Crippen LogP) is 4.54. The number of nitrogen functional groups attached to an aromatic ring is 1. The van der Waals surface area contributed by atoms with Gasteiger partial charge in [-0.05, 0) is 52.3 Å². The van der Waals surface area contributed by atoms with Crippen LogP contribution in [0.15, 0.2) is 51.4 Å². The Labute approximate surface area is 111 Å². The van der Waals surface area contributed by atoms with Gasteiger partial charge in [-0.2, -0.15) is 0 Å². The average molecular weight is 342 g/mol. The van der Waals surface area contributed by atoms with Gasteiger partial charge < -0.3 is 11.1 Å². The summed E-state index contributed by atoms with van der Waals surface area (Å²) in [5.74, 6) is 0. The van der Waals surface area contributed by atoms with E-state index in [2.05, 4.69) is 37.2 Å². The lowest BCUT2D eigenvalue weighted by Crippen LogP contribution is -1.92. The zero-order valence-electron chi connectivity index (χ0n) is 8.37. The summed E-state index contributed by atoms with van der Waals surface area (Å²) in [6.45, 7) is 0. The van der Waals surface area contributed by atoms with Gasteiger partial charge >= 0.3 is 0 Å². The SMILES string of the molecule is Nc1ccc(Nc2cccc(Br)c2)c(Br)c1. The minimum absolute atomic E-state index is 0.742. The van der Waals surface area contributed by atoms with Crippen molar-refractivity contribution >= 4 is 48.9 Å². The Hall–Kier alpha value is -1.000. The molecule has 2 aromatic carbocycles. The van der Waals surface area contributed by atoms with Gasteiger partial charge in [-0.3, -0.25) is 0 Å². The normalized spacial score (nSPS) is 10.1. The van der Waals surface area contributed by atoms with Gasteiger partial charge in [0.2, 0.25) is 0 Å². The fourth-order valence-electron chi connectivity index (χ4n) is 1.35. The predicted molar refractivity (Wildman–Crippen MR) is 76.0 cm³/mol. The van der Waals surface area contributed by atoms with E-state index < -0.39 is 0 Å². The maximum Gasteiger partial charge on any atom is 0.0530 e. The second-order valence-corrected chi connectivity index (χ2v) is 5.14. The van der Waals surface area contributed by atoms with E-state index in [1.165, 1.54) is 0 Å². The molecule has 0 aliphatic carbocycles. The summed E-state index contributed by atoms with van der Waals surface area (Å²) in [4.78, 5) is 0. The van der Waals surface area contributed by atoms with E-state index in [1.807, 2.05) is 42.5 Å². The van der Waals surface area contributed by atoms with Gasteiger partial charge in [0, 0.05) is 20.3 Å². The topological polar surface area (TPSA) is 38.0 Å². The molecule has 0 bridgehead atoms. The van der Waals surface area contributed by atoms with Crippen molar-refractivity contribution in [2.45, 2.75) is 0 Å². The van der Waals surface area contributed by atoms with Crippen molar-refractivity contribution in [3.8, 4) is 0 Å². The van der Waals surface area contributed by atoms with E-state index in [-0.39, 0.29) is 0 Å². The van der Waals surface area contributed by atoms with Crippen molar-refractivity contribution in [1.82, 2.24) is 0 Å². The third kappa shape index (κ3) is 2.77. The van der Waals surface area contributed by atoms with Gasteiger partial charge in [0.25, 0.3) is 0 Å². The lowest BCUT2D eigenvalue weighted by Gasteiger charge is -2.09. The Morgan fingerprint density at radius 1 is 1.00 bits per heavy atom. The minimum Gasteiger partial charge on any atom is -0.399 e. The highest BCUT2D eigenvalue weighted by Gasteiger charge is 2.00. The van der Waals surface area contributed by atoms with Crippen LogP contribution in [0.5, 0.6) is 0 Å². The fourth-order valence-corrected chi connectivity index (χ4v) is 2.25. The smallest absolute Gasteiger partial charge is 0.0530 e. The van der Waals surface area contributed by atoms with E-state index in [9.17, 15) is 0 Å². The molecular weight excluding hydrogens is 332 g/mol. The number of rotatable bonds is 2. The van der Waals surface area contributed by atoms with Crippen LogP contribution in [-0.2, 0) is 0 Å². The van der Waals surface area contributed by atoms with Crippen LogP contribution in [0.1, 0.15) is 0 Å². The van der Waals surface area contributed by atoms with Crippen LogP contribution in [0, 0.1) is 0 Å². The van der Waals surface area contributed by atoms with Gasteiger partial charge in [0.1, 0.15) is 0 Å². The molecule has 0 radical (unpaired) electrons. The van der Waals surface area contributed by atoms with Crippen molar-refractivity contribution in [2.24, 2.45) is 0 Å². The summed E-state index contributed by atoms with van der Waals surface area (Å²) in [7, 11) is 0. The van der Waals surface area contributed by atoms with Crippen LogP contribution >= 0.6 is 31.9 Å². The Kier molecular flexibility index (Phi) is 3.51.